The Hall–Kier alpha value is -0.980. The van der Waals surface area contributed by atoms with Crippen LogP contribution in [0.1, 0.15) is 18.4 Å². The van der Waals surface area contributed by atoms with Gasteiger partial charge in [0.05, 0.1) is 20.1 Å². The molecule has 92 valence electrons. The standard InChI is InChI=1S/C11H14N2O2S2/c1-3-6-12-17(14,15)9-4-5-10-11(7-9)16-8(2)13-10/h4-5,7,12H,3,6H2,1-2H3. The zero-order valence-corrected chi connectivity index (χ0v) is 11.4. The summed E-state index contributed by atoms with van der Waals surface area (Å²) in [5, 5.41) is 0.941. The summed E-state index contributed by atoms with van der Waals surface area (Å²) in [6.07, 6.45) is 0.779. The van der Waals surface area contributed by atoms with Gasteiger partial charge in [-0.2, -0.15) is 0 Å². The van der Waals surface area contributed by atoms with E-state index < -0.39 is 10.0 Å². The Kier molecular flexibility index (Phi) is 3.46. The Morgan fingerprint density at radius 3 is 2.88 bits per heavy atom. The maximum atomic E-state index is 11.9. The lowest BCUT2D eigenvalue weighted by Crippen LogP contribution is -2.24. The van der Waals surface area contributed by atoms with Gasteiger partial charge in [-0.3, -0.25) is 0 Å². The van der Waals surface area contributed by atoms with Gasteiger partial charge in [-0.25, -0.2) is 18.1 Å². The lowest BCUT2D eigenvalue weighted by atomic mass is 10.3. The molecule has 6 heteroatoms. The molecule has 1 aromatic carbocycles. The smallest absolute Gasteiger partial charge is 0.240 e. The highest BCUT2D eigenvalue weighted by Crippen LogP contribution is 2.24. The molecule has 0 aliphatic carbocycles. The summed E-state index contributed by atoms with van der Waals surface area (Å²) in [5.41, 5.74) is 0.849. The van der Waals surface area contributed by atoms with Gasteiger partial charge >= 0.3 is 0 Å². The molecule has 4 nitrogen and oxygen atoms in total. The monoisotopic (exact) mass is 270 g/mol. The van der Waals surface area contributed by atoms with Gasteiger partial charge in [-0.05, 0) is 31.5 Å². The zero-order valence-electron chi connectivity index (χ0n) is 9.73. The van der Waals surface area contributed by atoms with Gasteiger partial charge in [-0.15, -0.1) is 11.3 Å². The predicted octanol–water partition coefficient (Wildman–Crippen LogP) is 2.29. The molecule has 0 spiro atoms. The van der Waals surface area contributed by atoms with Crippen LogP contribution in [0, 0.1) is 6.92 Å². The van der Waals surface area contributed by atoms with Crippen molar-refractivity contribution in [3.8, 4) is 0 Å². The van der Waals surface area contributed by atoms with Gasteiger partial charge < -0.3 is 0 Å². The summed E-state index contributed by atoms with van der Waals surface area (Å²) in [4.78, 5) is 4.61. The lowest BCUT2D eigenvalue weighted by Gasteiger charge is -2.04. The van der Waals surface area contributed by atoms with Crippen molar-refractivity contribution in [1.29, 1.82) is 0 Å². The maximum Gasteiger partial charge on any atom is 0.240 e. The Labute approximate surface area is 105 Å². The Morgan fingerprint density at radius 1 is 1.41 bits per heavy atom. The van der Waals surface area contributed by atoms with Gasteiger partial charge in [0, 0.05) is 6.54 Å². The van der Waals surface area contributed by atoms with Crippen LogP contribution in [0.3, 0.4) is 0 Å². The van der Waals surface area contributed by atoms with Crippen LogP contribution < -0.4 is 4.72 Å². The van der Waals surface area contributed by atoms with Crippen LogP contribution in [-0.2, 0) is 10.0 Å². The van der Waals surface area contributed by atoms with Gasteiger partial charge in [0.1, 0.15) is 0 Å². The molecule has 2 aromatic rings. The molecule has 0 saturated heterocycles. The van der Waals surface area contributed by atoms with Gasteiger partial charge in [0.2, 0.25) is 10.0 Å². The van der Waals surface area contributed by atoms with E-state index in [9.17, 15) is 8.42 Å². The minimum Gasteiger partial charge on any atom is -0.242 e. The first-order chi connectivity index (χ1) is 8.03. The molecule has 1 aromatic heterocycles. The van der Waals surface area contributed by atoms with Crippen LogP contribution >= 0.6 is 11.3 Å². The fourth-order valence-electron chi connectivity index (χ4n) is 1.51. The van der Waals surface area contributed by atoms with E-state index in [0.29, 0.717) is 11.4 Å². The van der Waals surface area contributed by atoms with E-state index in [4.69, 9.17) is 0 Å². The van der Waals surface area contributed by atoms with Gasteiger partial charge in [0.15, 0.2) is 0 Å². The zero-order chi connectivity index (χ0) is 12.5. The SMILES string of the molecule is CCCNS(=O)(=O)c1ccc2nc(C)sc2c1. The second-order valence-corrected chi connectivity index (χ2v) is 6.76. The van der Waals surface area contributed by atoms with Crippen LogP contribution in [-0.4, -0.2) is 19.9 Å². The van der Waals surface area contributed by atoms with E-state index in [1.165, 1.54) is 11.3 Å². The number of nitrogens with zero attached hydrogens (tertiary/aromatic N) is 1. The van der Waals surface area contributed by atoms with Gasteiger partial charge in [-0.1, -0.05) is 6.92 Å². The molecule has 0 saturated carbocycles. The Balaban J connectivity index is 2.42. The van der Waals surface area contributed by atoms with Crippen LogP contribution in [0.15, 0.2) is 23.1 Å². The molecule has 17 heavy (non-hydrogen) atoms. The number of fused-ring (bicyclic) bond motifs is 1. The number of thiazole rings is 1. The fraction of sp³-hybridized carbons (Fsp3) is 0.364. The van der Waals surface area contributed by atoms with Crippen molar-refractivity contribution in [1.82, 2.24) is 9.71 Å². The molecule has 0 unspecified atom stereocenters. The van der Waals surface area contributed by atoms with Crippen molar-refractivity contribution in [2.24, 2.45) is 0 Å². The third-order valence-corrected chi connectivity index (χ3v) is 4.71. The Bertz CT molecular complexity index is 632. The molecular formula is C11H14N2O2S2. The number of hydrogen-bond donors (Lipinski definition) is 1. The summed E-state index contributed by atoms with van der Waals surface area (Å²) < 4.78 is 27.3. The molecule has 2 rings (SSSR count). The number of benzene rings is 1. The Morgan fingerprint density at radius 2 is 2.18 bits per heavy atom. The summed E-state index contributed by atoms with van der Waals surface area (Å²) >= 11 is 1.50. The minimum absolute atomic E-state index is 0.308. The van der Waals surface area contributed by atoms with Gasteiger partial charge in [0.25, 0.3) is 0 Å². The first-order valence-electron chi connectivity index (χ1n) is 5.40. The average molecular weight is 270 g/mol. The molecule has 0 amide bonds. The van der Waals surface area contributed by atoms with E-state index in [0.717, 1.165) is 21.6 Å². The van der Waals surface area contributed by atoms with E-state index >= 15 is 0 Å². The molecule has 0 bridgehead atoms. The number of aryl methyl sites for hydroxylation is 1. The molecule has 1 N–H and O–H groups in total. The van der Waals surface area contributed by atoms with Crippen molar-refractivity contribution in [2.45, 2.75) is 25.2 Å². The van der Waals surface area contributed by atoms with Crippen molar-refractivity contribution in [2.75, 3.05) is 6.54 Å². The summed E-state index contributed by atoms with van der Waals surface area (Å²) in [6.45, 7) is 4.30. The van der Waals surface area contributed by atoms with Crippen LogP contribution in [0.5, 0.6) is 0 Å². The molecular weight excluding hydrogens is 256 g/mol. The quantitative estimate of drug-likeness (QED) is 0.927. The van der Waals surface area contributed by atoms with Crippen molar-refractivity contribution < 1.29 is 8.42 Å². The minimum atomic E-state index is -3.38. The van der Waals surface area contributed by atoms with Crippen LogP contribution in [0.2, 0.25) is 0 Å². The number of rotatable bonds is 4. The highest BCUT2D eigenvalue weighted by atomic mass is 32.2. The van der Waals surface area contributed by atoms with Crippen molar-refractivity contribution >= 4 is 31.6 Å². The van der Waals surface area contributed by atoms with Crippen LogP contribution in [0.25, 0.3) is 10.2 Å². The highest BCUT2D eigenvalue weighted by molar-refractivity contribution is 7.89. The molecule has 0 fully saturated rings. The second kappa shape index (κ2) is 4.72. The van der Waals surface area contributed by atoms with E-state index in [2.05, 4.69) is 9.71 Å². The first kappa shape index (κ1) is 12.5. The number of nitrogens with one attached hydrogen (secondary N) is 1. The van der Waals surface area contributed by atoms with Crippen LogP contribution in [0.4, 0.5) is 0 Å². The predicted molar refractivity (Wildman–Crippen MR) is 69.8 cm³/mol. The first-order valence-corrected chi connectivity index (χ1v) is 7.70. The normalized spacial score (nSPS) is 12.1. The topological polar surface area (TPSA) is 59.1 Å². The van der Waals surface area contributed by atoms with E-state index in [1.54, 1.807) is 18.2 Å². The summed E-state index contributed by atoms with van der Waals surface area (Å²) in [6, 6.07) is 5.02. The fourth-order valence-corrected chi connectivity index (χ4v) is 3.61. The summed E-state index contributed by atoms with van der Waals surface area (Å²) in [5.74, 6) is 0. The maximum absolute atomic E-state index is 11.9. The lowest BCUT2D eigenvalue weighted by molar-refractivity contribution is 0.581. The third kappa shape index (κ3) is 2.65. The molecule has 0 aliphatic heterocycles. The molecule has 1 heterocycles. The number of sulfonamides is 1. The molecule has 0 aliphatic rings. The van der Waals surface area contributed by atoms with Crippen molar-refractivity contribution in [3.05, 3.63) is 23.2 Å². The number of hydrogen-bond acceptors (Lipinski definition) is 4. The summed E-state index contributed by atoms with van der Waals surface area (Å²) in [7, 11) is -3.38. The average Bonchev–Trinajstić information content (AvgIpc) is 2.65. The third-order valence-electron chi connectivity index (χ3n) is 2.32. The van der Waals surface area contributed by atoms with E-state index in [-0.39, 0.29) is 0 Å². The largest absolute Gasteiger partial charge is 0.242 e. The second-order valence-electron chi connectivity index (χ2n) is 3.76. The van der Waals surface area contributed by atoms with E-state index in [1.807, 2.05) is 13.8 Å². The number of aromatic nitrogens is 1. The molecule has 0 atom stereocenters. The highest BCUT2D eigenvalue weighted by Gasteiger charge is 2.14. The molecule has 0 radical (unpaired) electrons. The van der Waals surface area contributed by atoms with Crippen molar-refractivity contribution in [3.63, 3.8) is 0 Å².